The van der Waals surface area contributed by atoms with Crippen molar-refractivity contribution in [2.24, 2.45) is 0 Å². The molecule has 9 heteroatoms. The summed E-state index contributed by atoms with van der Waals surface area (Å²) < 4.78 is 0.127. The number of aromatic hydroxyl groups is 1. The minimum absolute atomic E-state index is 0.0810. The molecule has 1 saturated heterocycles. The van der Waals surface area contributed by atoms with Gasteiger partial charge in [-0.05, 0) is 51.8 Å². The highest BCUT2D eigenvalue weighted by atomic mass is 79.9. The number of nitro benzene ring substituents is 1. The molecule has 3 rings (SSSR count). The van der Waals surface area contributed by atoms with Crippen molar-refractivity contribution in [3.05, 3.63) is 72.6 Å². The van der Waals surface area contributed by atoms with Gasteiger partial charge in [0.25, 0.3) is 16.8 Å². The Labute approximate surface area is 167 Å². The number of benzene rings is 2. The van der Waals surface area contributed by atoms with Gasteiger partial charge in [0, 0.05) is 17.7 Å². The van der Waals surface area contributed by atoms with Gasteiger partial charge in [-0.1, -0.05) is 24.3 Å². The van der Waals surface area contributed by atoms with E-state index in [4.69, 9.17) is 0 Å². The predicted octanol–water partition coefficient (Wildman–Crippen LogP) is 4.61. The maximum Gasteiger partial charge on any atom is 0.293 e. The largest absolute Gasteiger partial charge is 0.506 e. The first kappa shape index (κ1) is 19.1. The molecule has 1 aliphatic rings. The van der Waals surface area contributed by atoms with Gasteiger partial charge in [0.2, 0.25) is 0 Å². The minimum Gasteiger partial charge on any atom is -0.506 e. The van der Waals surface area contributed by atoms with Crippen LogP contribution in [0.1, 0.15) is 16.7 Å². The maximum atomic E-state index is 12.6. The van der Waals surface area contributed by atoms with Crippen molar-refractivity contribution in [3.63, 3.8) is 0 Å². The number of non-ortho nitro benzene ring substituents is 1. The Morgan fingerprint density at radius 3 is 2.67 bits per heavy atom. The third-order valence-electron chi connectivity index (χ3n) is 4.04. The highest BCUT2D eigenvalue weighted by Crippen LogP contribution is 2.38. The highest BCUT2D eigenvalue weighted by molar-refractivity contribution is 9.10. The Bertz CT molecular complexity index is 1010. The molecular formula is C18H13BrN2O5S. The number of amides is 2. The smallest absolute Gasteiger partial charge is 0.293 e. The molecule has 7 nitrogen and oxygen atoms in total. The predicted molar refractivity (Wildman–Crippen MR) is 105 cm³/mol. The fourth-order valence-corrected chi connectivity index (χ4v) is 3.85. The highest BCUT2D eigenvalue weighted by Gasteiger charge is 2.35. The van der Waals surface area contributed by atoms with Crippen molar-refractivity contribution in [2.75, 3.05) is 0 Å². The molecule has 0 spiro atoms. The molecule has 1 N–H and O–H groups in total. The zero-order chi connectivity index (χ0) is 19.7. The summed E-state index contributed by atoms with van der Waals surface area (Å²) in [6, 6.07) is 9.74. The first-order valence-corrected chi connectivity index (χ1v) is 9.35. The number of aryl methyl sites for hydroxylation is 1. The van der Waals surface area contributed by atoms with Gasteiger partial charge in [0.15, 0.2) is 0 Å². The van der Waals surface area contributed by atoms with Crippen LogP contribution in [0.5, 0.6) is 5.75 Å². The lowest BCUT2D eigenvalue weighted by molar-refractivity contribution is -0.385. The summed E-state index contributed by atoms with van der Waals surface area (Å²) >= 11 is 3.79. The lowest BCUT2D eigenvalue weighted by Gasteiger charge is -2.14. The van der Waals surface area contributed by atoms with Gasteiger partial charge in [-0.2, -0.15) is 0 Å². The van der Waals surface area contributed by atoms with E-state index >= 15 is 0 Å². The summed E-state index contributed by atoms with van der Waals surface area (Å²) in [7, 11) is 0. The van der Waals surface area contributed by atoms with Crippen molar-refractivity contribution in [2.45, 2.75) is 13.5 Å². The topological polar surface area (TPSA) is 101 Å². The summed E-state index contributed by atoms with van der Waals surface area (Å²) in [6.45, 7) is 2.03. The first-order chi connectivity index (χ1) is 12.8. The number of imide groups is 1. The lowest BCUT2D eigenvalue weighted by Crippen LogP contribution is -2.27. The second-order valence-corrected chi connectivity index (χ2v) is 7.66. The van der Waals surface area contributed by atoms with Crippen LogP contribution < -0.4 is 0 Å². The Hall–Kier alpha value is -2.65. The van der Waals surface area contributed by atoms with E-state index < -0.39 is 16.1 Å². The van der Waals surface area contributed by atoms with Gasteiger partial charge < -0.3 is 5.11 Å². The van der Waals surface area contributed by atoms with Crippen LogP contribution in [0, 0.1) is 17.0 Å². The van der Waals surface area contributed by atoms with E-state index in [9.17, 15) is 24.8 Å². The molecular weight excluding hydrogens is 436 g/mol. The minimum atomic E-state index is -0.606. The Kier molecular flexibility index (Phi) is 5.33. The second kappa shape index (κ2) is 7.53. The molecule has 27 heavy (non-hydrogen) atoms. The molecule has 0 saturated carbocycles. The number of thioether (sulfide) groups is 1. The van der Waals surface area contributed by atoms with Crippen LogP contribution in [0.4, 0.5) is 10.5 Å². The second-order valence-electron chi connectivity index (χ2n) is 5.82. The SMILES string of the molecule is Cc1ccccc1CN1C(=O)S/C(=C\c2cc([N+](=O)[O-])cc(Br)c2O)C1=O. The van der Waals surface area contributed by atoms with E-state index in [0.717, 1.165) is 39.9 Å². The number of hydrogen-bond donors (Lipinski definition) is 1. The summed E-state index contributed by atoms with van der Waals surface area (Å²) in [5.74, 6) is -0.749. The average molecular weight is 449 g/mol. The van der Waals surface area contributed by atoms with Gasteiger partial charge in [-0.15, -0.1) is 0 Å². The third-order valence-corrected chi connectivity index (χ3v) is 5.55. The van der Waals surface area contributed by atoms with E-state index in [1.807, 2.05) is 31.2 Å². The van der Waals surface area contributed by atoms with Crippen LogP contribution in [0.2, 0.25) is 0 Å². The van der Waals surface area contributed by atoms with Crippen LogP contribution >= 0.6 is 27.7 Å². The van der Waals surface area contributed by atoms with Crippen LogP contribution in [0.25, 0.3) is 6.08 Å². The van der Waals surface area contributed by atoms with Crippen LogP contribution in [0.15, 0.2) is 45.8 Å². The number of carbonyl (C=O) groups is 2. The summed E-state index contributed by atoms with van der Waals surface area (Å²) in [4.78, 5) is 36.5. The normalized spacial score (nSPS) is 15.6. The summed E-state index contributed by atoms with van der Waals surface area (Å²) in [6.07, 6.45) is 1.29. The Morgan fingerprint density at radius 1 is 1.30 bits per heavy atom. The molecule has 138 valence electrons. The number of rotatable bonds is 4. The number of halogens is 1. The van der Waals surface area contributed by atoms with E-state index in [1.165, 1.54) is 6.08 Å². The molecule has 0 unspecified atom stereocenters. The van der Waals surface area contributed by atoms with Crippen LogP contribution in [-0.2, 0) is 11.3 Å². The molecule has 0 aliphatic carbocycles. The maximum absolute atomic E-state index is 12.6. The fraction of sp³-hybridized carbons (Fsp3) is 0.111. The van der Waals surface area contributed by atoms with Gasteiger partial charge in [0.1, 0.15) is 5.75 Å². The number of hydrogen-bond acceptors (Lipinski definition) is 6. The van der Waals surface area contributed by atoms with Gasteiger partial charge in [0.05, 0.1) is 20.8 Å². The molecule has 0 radical (unpaired) electrons. The van der Waals surface area contributed by atoms with Crippen LogP contribution in [-0.4, -0.2) is 26.1 Å². The standard InChI is InChI=1S/C18H13BrN2O5S/c1-10-4-2-3-5-11(10)9-20-17(23)15(27-18(20)24)7-12-6-13(21(25)26)8-14(19)16(12)22/h2-8,22H,9H2,1H3/b15-7-. The van der Waals surface area contributed by atoms with Crippen LogP contribution in [0.3, 0.4) is 0 Å². The number of carbonyl (C=O) groups excluding carboxylic acids is 2. The van der Waals surface area contributed by atoms with Gasteiger partial charge in [-0.25, -0.2) is 0 Å². The zero-order valence-corrected chi connectivity index (χ0v) is 16.4. The number of phenolic OH excluding ortho intramolecular Hbond substituents is 1. The van der Waals surface area contributed by atoms with Crippen molar-refractivity contribution < 1.29 is 19.6 Å². The molecule has 1 fully saturated rings. The van der Waals surface area contributed by atoms with E-state index in [0.29, 0.717) is 0 Å². The van der Waals surface area contributed by atoms with E-state index in [2.05, 4.69) is 15.9 Å². The fourth-order valence-electron chi connectivity index (χ4n) is 2.56. The molecule has 2 amide bonds. The molecule has 0 bridgehead atoms. The van der Waals surface area contributed by atoms with E-state index in [1.54, 1.807) is 0 Å². The van der Waals surface area contributed by atoms with Gasteiger partial charge >= 0.3 is 0 Å². The number of phenols is 1. The molecule has 1 heterocycles. The number of nitro groups is 1. The lowest BCUT2D eigenvalue weighted by atomic mass is 10.1. The molecule has 1 aliphatic heterocycles. The Balaban J connectivity index is 1.93. The zero-order valence-electron chi connectivity index (χ0n) is 14.0. The molecule has 2 aromatic carbocycles. The van der Waals surface area contributed by atoms with Crippen molar-refractivity contribution in [3.8, 4) is 5.75 Å². The van der Waals surface area contributed by atoms with Crippen molar-refractivity contribution >= 4 is 50.6 Å². The third kappa shape index (κ3) is 3.88. The summed E-state index contributed by atoms with van der Waals surface area (Å²) in [5.41, 5.74) is 1.64. The number of nitrogens with zero attached hydrogens (tertiary/aromatic N) is 2. The Morgan fingerprint density at radius 2 is 2.00 bits per heavy atom. The molecule has 0 aromatic heterocycles. The first-order valence-electron chi connectivity index (χ1n) is 7.74. The summed E-state index contributed by atoms with van der Waals surface area (Å²) in [5, 5.41) is 20.7. The monoisotopic (exact) mass is 448 g/mol. The van der Waals surface area contributed by atoms with Crippen molar-refractivity contribution in [1.82, 2.24) is 4.90 Å². The van der Waals surface area contributed by atoms with Crippen molar-refractivity contribution in [1.29, 1.82) is 0 Å². The van der Waals surface area contributed by atoms with Gasteiger partial charge in [-0.3, -0.25) is 24.6 Å². The van der Waals surface area contributed by atoms with E-state index in [-0.39, 0.29) is 32.9 Å². The quantitative estimate of drug-likeness (QED) is 0.416. The molecule has 0 atom stereocenters. The average Bonchev–Trinajstić information content (AvgIpc) is 2.87. The molecule has 2 aromatic rings.